The number of nitrogens with one attached hydrogen (secondary N) is 1. The highest BCUT2D eigenvalue weighted by atomic mass is 32.2. The lowest BCUT2D eigenvalue weighted by Gasteiger charge is -2.20. The number of hydrogen-bond donors (Lipinski definition) is 1. The molecule has 1 aromatic rings. The molecule has 0 aromatic heterocycles. The summed E-state index contributed by atoms with van der Waals surface area (Å²) < 4.78 is 32.4. The van der Waals surface area contributed by atoms with E-state index in [9.17, 15) is 13.2 Å². The molecule has 0 aliphatic carbocycles. The molecule has 1 aromatic carbocycles. The van der Waals surface area contributed by atoms with Crippen molar-refractivity contribution in [3.63, 3.8) is 0 Å². The van der Waals surface area contributed by atoms with Gasteiger partial charge >= 0.3 is 0 Å². The highest BCUT2D eigenvalue weighted by molar-refractivity contribution is 7.89. The first-order valence-corrected chi connectivity index (χ1v) is 8.94. The number of carbonyl (C=O) groups excluding carboxylic acids is 1. The molecule has 7 heteroatoms. The van der Waals surface area contributed by atoms with Crippen molar-refractivity contribution in [3.05, 3.63) is 23.8 Å². The standard InChI is InChI=1S/C15H20N2O4S/c1-11(18)16-13-6-7-17(10-13)22(19,20)14-4-5-15-12(9-14)3-2-8-21-15/h4-5,9,13H,2-3,6-8,10H2,1H3,(H,16,18). The van der Waals surface area contributed by atoms with Crippen molar-refractivity contribution in [1.82, 2.24) is 9.62 Å². The lowest BCUT2D eigenvalue weighted by atomic mass is 10.1. The fourth-order valence-electron chi connectivity index (χ4n) is 3.00. The zero-order valence-corrected chi connectivity index (χ0v) is 13.4. The smallest absolute Gasteiger partial charge is 0.243 e. The van der Waals surface area contributed by atoms with Crippen molar-refractivity contribution in [3.8, 4) is 5.75 Å². The summed E-state index contributed by atoms with van der Waals surface area (Å²) in [6.07, 6.45) is 2.39. The molecule has 1 saturated heterocycles. The largest absolute Gasteiger partial charge is 0.493 e. The Morgan fingerprint density at radius 2 is 2.23 bits per heavy atom. The maximum Gasteiger partial charge on any atom is 0.243 e. The minimum Gasteiger partial charge on any atom is -0.493 e. The quantitative estimate of drug-likeness (QED) is 0.897. The van der Waals surface area contributed by atoms with Gasteiger partial charge in [0.2, 0.25) is 15.9 Å². The number of fused-ring (bicyclic) bond motifs is 1. The number of nitrogens with zero attached hydrogens (tertiary/aromatic N) is 1. The molecule has 1 atom stereocenters. The van der Waals surface area contributed by atoms with Crippen LogP contribution in [-0.4, -0.2) is 44.4 Å². The zero-order chi connectivity index (χ0) is 15.7. The third-order valence-electron chi connectivity index (χ3n) is 4.08. The predicted molar refractivity (Wildman–Crippen MR) is 81.2 cm³/mol. The number of sulfonamides is 1. The molecule has 0 radical (unpaired) electrons. The molecule has 1 amide bonds. The first-order chi connectivity index (χ1) is 10.5. The number of aryl methyl sites for hydroxylation is 1. The van der Waals surface area contributed by atoms with Crippen LogP contribution in [0.15, 0.2) is 23.1 Å². The lowest BCUT2D eigenvalue weighted by Crippen LogP contribution is -2.37. The van der Waals surface area contributed by atoms with Crippen LogP contribution >= 0.6 is 0 Å². The molecule has 1 unspecified atom stereocenters. The van der Waals surface area contributed by atoms with Crippen molar-refractivity contribution in [1.29, 1.82) is 0 Å². The fraction of sp³-hybridized carbons (Fsp3) is 0.533. The van der Waals surface area contributed by atoms with Gasteiger partial charge in [0, 0.05) is 26.1 Å². The van der Waals surface area contributed by atoms with Gasteiger partial charge < -0.3 is 10.1 Å². The minimum atomic E-state index is -3.51. The van der Waals surface area contributed by atoms with Gasteiger partial charge in [-0.05, 0) is 43.0 Å². The number of rotatable bonds is 3. The average molecular weight is 324 g/mol. The maximum absolute atomic E-state index is 12.7. The molecule has 2 aliphatic rings. The summed E-state index contributed by atoms with van der Waals surface area (Å²) in [5.74, 6) is 0.651. The number of benzene rings is 1. The van der Waals surface area contributed by atoms with E-state index in [1.54, 1.807) is 18.2 Å². The van der Waals surface area contributed by atoms with Gasteiger partial charge in [-0.2, -0.15) is 4.31 Å². The molecule has 1 N–H and O–H groups in total. The lowest BCUT2D eigenvalue weighted by molar-refractivity contribution is -0.119. The highest BCUT2D eigenvalue weighted by Gasteiger charge is 2.33. The van der Waals surface area contributed by atoms with Crippen molar-refractivity contribution in [2.24, 2.45) is 0 Å². The van der Waals surface area contributed by atoms with Gasteiger partial charge in [0.15, 0.2) is 0 Å². The van der Waals surface area contributed by atoms with Crippen LogP contribution in [0.1, 0.15) is 25.3 Å². The Morgan fingerprint density at radius 3 is 3.00 bits per heavy atom. The summed E-state index contributed by atoms with van der Waals surface area (Å²) in [6.45, 7) is 2.89. The summed E-state index contributed by atoms with van der Waals surface area (Å²) >= 11 is 0. The molecule has 6 nitrogen and oxygen atoms in total. The van der Waals surface area contributed by atoms with Gasteiger partial charge in [0.1, 0.15) is 5.75 Å². The maximum atomic E-state index is 12.7. The van der Waals surface area contributed by atoms with Gasteiger partial charge in [0.05, 0.1) is 11.5 Å². The van der Waals surface area contributed by atoms with Gasteiger partial charge in [0.25, 0.3) is 0 Å². The predicted octanol–water partition coefficient (Wildman–Crippen LogP) is 0.911. The monoisotopic (exact) mass is 324 g/mol. The van der Waals surface area contributed by atoms with Crippen LogP contribution in [0.5, 0.6) is 5.75 Å². The van der Waals surface area contributed by atoms with E-state index in [1.165, 1.54) is 11.2 Å². The normalized spacial score (nSPS) is 22.0. The van der Waals surface area contributed by atoms with Gasteiger partial charge in [-0.25, -0.2) is 8.42 Å². The second kappa shape index (κ2) is 5.89. The molecule has 120 valence electrons. The first-order valence-electron chi connectivity index (χ1n) is 7.50. The summed E-state index contributed by atoms with van der Waals surface area (Å²) in [7, 11) is -3.51. The second-order valence-corrected chi connectivity index (χ2v) is 7.71. The van der Waals surface area contributed by atoms with Crippen LogP contribution in [0.2, 0.25) is 0 Å². The first kappa shape index (κ1) is 15.3. The molecule has 2 heterocycles. The minimum absolute atomic E-state index is 0.103. The number of hydrogen-bond acceptors (Lipinski definition) is 4. The van der Waals surface area contributed by atoms with Gasteiger partial charge in [-0.3, -0.25) is 4.79 Å². The second-order valence-electron chi connectivity index (χ2n) is 5.77. The summed E-state index contributed by atoms with van der Waals surface area (Å²) in [5, 5.41) is 2.78. The van der Waals surface area contributed by atoms with E-state index in [0.717, 1.165) is 24.2 Å². The Hall–Kier alpha value is -1.60. The zero-order valence-electron chi connectivity index (χ0n) is 12.5. The molecular formula is C15H20N2O4S. The third-order valence-corrected chi connectivity index (χ3v) is 5.94. The Bertz CT molecular complexity index is 687. The van der Waals surface area contributed by atoms with E-state index in [1.807, 2.05) is 0 Å². The van der Waals surface area contributed by atoms with Crippen LogP contribution in [0.4, 0.5) is 0 Å². The van der Waals surface area contributed by atoms with Crippen LogP contribution in [0, 0.1) is 0 Å². The van der Waals surface area contributed by atoms with Crippen molar-refractivity contribution in [2.75, 3.05) is 19.7 Å². The topological polar surface area (TPSA) is 75.7 Å². The van der Waals surface area contributed by atoms with E-state index >= 15 is 0 Å². The van der Waals surface area contributed by atoms with Crippen molar-refractivity contribution < 1.29 is 17.9 Å². The summed E-state index contributed by atoms with van der Waals surface area (Å²) in [5.41, 5.74) is 0.949. The van der Waals surface area contributed by atoms with E-state index in [-0.39, 0.29) is 11.9 Å². The third kappa shape index (κ3) is 2.96. The van der Waals surface area contributed by atoms with E-state index < -0.39 is 10.0 Å². The van der Waals surface area contributed by atoms with Crippen LogP contribution in [0.3, 0.4) is 0 Å². The number of carbonyl (C=O) groups is 1. The molecule has 0 spiro atoms. The number of amides is 1. The average Bonchev–Trinajstić information content (AvgIpc) is 2.95. The Morgan fingerprint density at radius 1 is 1.41 bits per heavy atom. The van der Waals surface area contributed by atoms with E-state index in [2.05, 4.69) is 5.32 Å². The van der Waals surface area contributed by atoms with Crippen LogP contribution in [-0.2, 0) is 21.2 Å². The highest BCUT2D eigenvalue weighted by Crippen LogP contribution is 2.29. The number of ether oxygens (including phenoxy) is 1. The van der Waals surface area contributed by atoms with Gasteiger partial charge in [-0.1, -0.05) is 0 Å². The van der Waals surface area contributed by atoms with E-state index in [0.29, 0.717) is 31.0 Å². The van der Waals surface area contributed by atoms with Crippen molar-refractivity contribution in [2.45, 2.75) is 37.1 Å². The van der Waals surface area contributed by atoms with Gasteiger partial charge in [-0.15, -0.1) is 0 Å². The Labute approximate surface area is 130 Å². The van der Waals surface area contributed by atoms with Crippen LogP contribution < -0.4 is 10.1 Å². The SMILES string of the molecule is CC(=O)NC1CCN(S(=O)(=O)c2ccc3c(c2)CCCO3)C1. The van der Waals surface area contributed by atoms with Crippen LogP contribution in [0.25, 0.3) is 0 Å². The molecule has 1 fully saturated rings. The molecule has 22 heavy (non-hydrogen) atoms. The fourth-order valence-corrected chi connectivity index (χ4v) is 4.55. The Balaban J connectivity index is 1.80. The molecule has 3 rings (SSSR count). The molecule has 2 aliphatic heterocycles. The molecule has 0 saturated carbocycles. The summed E-state index contributed by atoms with van der Waals surface area (Å²) in [4.78, 5) is 11.4. The summed E-state index contributed by atoms with van der Waals surface area (Å²) in [6, 6.07) is 4.96. The molecule has 0 bridgehead atoms. The van der Waals surface area contributed by atoms with E-state index in [4.69, 9.17) is 4.74 Å². The Kier molecular flexibility index (Phi) is 4.10. The van der Waals surface area contributed by atoms with Crippen molar-refractivity contribution >= 4 is 15.9 Å². The molecular weight excluding hydrogens is 304 g/mol.